The van der Waals surface area contributed by atoms with Crippen molar-refractivity contribution in [3.05, 3.63) is 23.9 Å². The van der Waals surface area contributed by atoms with E-state index < -0.39 is 6.04 Å². The lowest BCUT2D eigenvalue weighted by atomic mass is 10.2. The van der Waals surface area contributed by atoms with Gasteiger partial charge in [-0.25, -0.2) is 4.98 Å². The molecule has 3 N–H and O–H groups in total. The topological polar surface area (TPSA) is 71.2 Å². The van der Waals surface area contributed by atoms with Crippen LogP contribution in [-0.2, 0) is 11.3 Å². The molecule has 1 aromatic rings. The van der Waals surface area contributed by atoms with Gasteiger partial charge in [0, 0.05) is 25.8 Å². The normalized spacial score (nSPS) is 14.9. The van der Waals surface area contributed by atoms with Crippen molar-refractivity contribution >= 4 is 36.5 Å². The summed E-state index contributed by atoms with van der Waals surface area (Å²) >= 11 is 0. The number of pyridine rings is 1. The van der Waals surface area contributed by atoms with E-state index in [1.807, 2.05) is 25.3 Å². The molecular formula is C14H24Cl2N4O. The fraction of sp³-hybridized carbons (Fsp3) is 0.571. The molecule has 1 aromatic heterocycles. The van der Waals surface area contributed by atoms with Gasteiger partial charge in [-0.15, -0.1) is 24.8 Å². The van der Waals surface area contributed by atoms with Crippen molar-refractivity contribution < 1.29 is 4.79 Å². The second-order valence-corrected chi connectivity index (χ2v) is 4.95. The number of nitrogens with zero attached hydrogens (tertiary/aromatic N) is 2. The third-order valence-electron chi connectivity index (χ3n) is 3.48. The van der Waals surface area contributed by atoms with Crippen molar-refractivity contribution in [1.82, 2.24) is 10.3 Å². The number of hydrogen-bond donors (Lipinski definition) is 2. The summed E-state index contributed by atoms with van der Waals surface area (Å²) in [5, 5.41) is 2.82. The zero-order valence-corrected chi connectivity index (χ0v) is 13.9. The molecule has 2 rings (SSSR count). The van der Waals surface area contributed by atoms with Gasteiger partial charge in [0.05, 0.1) is 6.04 Å². The molecule has 7 heteroatoms. The van der Waals surface area contributed by atoms with E-state index in [4.69, 9.17) is 5.73 Å². The molecule has 0 radical (unpaired) electrons. The number of nitrogens with one attached hydrogen (secondary N) is 1. The van der Waals surface area contributed by atoms with Crippen molar-refractivity contribution in [2.24, 2.45) is 5.73 Å². The lowest BCUT2D eigenvalue weighted by Gasteiger charge is -2.16. The van der Waals surface area contributed by atoms with E-state index in [0.29, 0.717) is 13.0 Å². The van der Waals surface area contributed by atoms with Gasteiger partial charge in [-0.05, 0) is 30.9 Å². The van der Waals surface area contributed by atoms with Crippen LogP contribution in [0.25, 0.3) is 0 Å². The molecule has 120 valence electrons. The Morgan fingerprint density at radius 1 is 1.38 bits per heavy atom. The van der Waals surface area contributed by atoms with Crippen LogP contribution in [-0.4, -0.2) is 30.0 Å². The quantitative estimate of drug-likeness (QED) is 0.862. The number of rotatable bonds is 5. The average molecular weight is 335 g/mol. The Morgan fingerprint density at radius 2 is 2.05 bits per heavy atom. The van der Waals surface area contributed by atoms with Crippen LogP contribution in [0.3, 0.4) is 0 Å². The van der Waals surface area contributed by atoms with Crippen molar-refractivity contribution in [3.8, 4) is 0 Å². The summed E-state index contributed by atoms with van der Waals surface area (Å²) in [6.45, 7) is 4.57. The Bertz CT molecular complexity index is 421. The number of carbonyl (C=O) groups excluding carboxylic acids is 1. The molecule has 1 aliphatic rings. The summed E-state index contributed by atoms with van der Waals surface area (Å²) in [5.74, 6) is 0.920. The molecular weight excluding hydrogens is 311 g/mol. The van der Waals surface area contributed by atoms with Gasteiger partial charge in [-0.3, -0.25) is 4.79 Å². The molecule has 21 heavy (non-hydrogen) atoms. The van der Waals surface area contributed by atoms with Gasteiger partial charge < -0.3 is 16.0 Å². The van der Waals surface area contributed by atoms with Crippen LogP contribution < -0.4 is 16.0 Å². The molecule has 1 atom stereocenters. The molecule has 2 heterocycles. The minimum atomic E-state index is -0.420. The Morgan fingerprint density at radius 3 is 2.57 bits per heavy atom. The van der Waals surface area contributed by atoms with Crippen molar-refractivity contribution in [2.45, 2.75) is 38.8 Å². The Labute approximate surface area is 138 Å². The number of anilines is 1. The number of hydrogen-bond acceptors (Lipinski definition) is 4. The third kappa shape index (κ3) is 5.69. The van der Waals surface area contributed by atoms with Crippen molar-refractivity contribution in [2.75, 3.05) is 18.0 Å². The van der Waals surface area contributed by atoms with Gasteiger partial charge in [-0.1, -0.05) is 13.0 Å². The van der Waals surface area contributed by atoms with Crippen LogP contribution in [0.1, 0.15) is 31.7 Å². The van der Waals surface area contributed by atoms with Crippen LogP contribution in [0.4, 0.5) is 5.82 Å². The Hall–Kier alpha value is -1.04. The zero-order valence-electron chi connectivity index (χ0n) is 12.2. The van der Waals surface area contributed by atoms with Gasteiger partial charge in [0.1, 0.15) is 5.82 Å². The smallest absolute Gasteiger partial charge is 0.237 e. The van der Waals surface area contributed by atoms with E-state index in [1.54, 1.807) is 0 Å². The predicted octanol–water partition coefficient (Wildman–Crippen LogP) is 1.88. The number of carbonyl (C=O) groups is 1. The van der Waals surface area contributed by atoms with Gasteiger partial charge >= 0.3 is 0 Å². The van der Waals surface area contributed by atoms with E-state index in [-0.39, 0.29) is 30.7 Å². The maximum absolute atomic E-state index is 11.6. The summed E-state index contributed by atoms with van der Waals surface area (Å²) in [5.41, 5.74) is 6.65. The number of nitrogens with two attached hydrogens (primary N) is 1. The molecule has 5 nitrogen and oxygen atoms in total. The molecule has 1 saturated heterocycles. The summed E-state index contributed by atoms with van der Waals surface area (Å²) in [7, 11) is 0. The second-order valence-electron chi connectivity index (χ2n) is 4.95. The SMILES string of the molecule is CC[C@H](N)C(=O)NCc1ccc(N2CCCC2)nc1.Cl.Cl. The third-order valence-corrected chi connectivity index (χ3v) is 3.48. The molecule has 0 aliphatic carbocycles. The van der Waals surface area contributed by atoms with Crippen LogP contribution in [0.15, 0.2) is 18.3 Å². The second kappa shape index (κ2) is 9.82. The number of amides is 1. The van der Waals surface area contributed by atoms with E-state index in [0.717, 1.165) is 24.5 Å². The molecule has 0 saturated carbocycles. The van der Waals surface area contributed by atoms with E-state index in [9.17, 15) is 4.79 Å². The first-order valence-corrected chi connectivity index (χ1v) is 6.94. The summed E-state index contributed by atoms with van der Waals surface area (Å²) in [4.78, 5) is 18.3. The molecule has 0 aromatic carbocycles. The van der Waals surface area contributed by atoms with Gasteiger partial charge in [0.25, 0.3) is 0 Å². The largest absolute Gasteiger partial charge is 0.357 e. The highest BCUT2D eigenvalue weighted by Gasteiger charge is 2.13. The molecule has 1 fully saturated rings. The lowest BCUT2D eigenvalue weighted by Crippen LogP contribution is -2.39. The van der Waals surface area contributed by atoms with Gasteiger partial charge in [-0.2, -0.15) is 0 Å². The number of halogens is 2. The highest BCUT2D eigenvalue weighted by atomic mass is 35.5. The minimum Gasteiger partial charge on any atom is -0.357 e. The first kappa shape index (κ1) is 20.0. The molecule has 0 unspecified atom stereocenters. The van der Waals surface area contributed by atoms with Crippen molar-refractivity contribution in [1.29, 1.82) is 0 Å². The fourth-order valence-electron chi connectivity index (χ4n) is 2.16. The van der Waals surface area contributed by atoms with Crippen LogP contribution in [0.2, 0.25) is 0 Å². The lowest BCUT2D eigenvalue weighted by molar-refractivity contribution is -0.122. The van der Waals surface area contributed by atoms with Crippen LogP contribution in [0, 0.1) is 0 Å². The average Bonchev–Trinajstić information content (AvgIpc) is 2.98. The Kier molecular flexibility index (Phi) is 9.33. The maximum atomic E-state index is 11.6. The van der Waals surface area contributed by atoms with E-state index in [2.05, 4.69) is 15.2 Å². The fourth-order valence-corrected chi connectivity index (χ4v) is 2.16. The molecule has 0 bridgehead atoms. The van der Waals surface area contributed by atoms with Crippen LogP contribution in [0.5, 0.6) is 0 Å². The predicted molar refractivity (Wildman–Crippen MR) is 90.3 cm³/mol. The first-order chi connectivity index (χ1) is 9.20. The Balaban J connectivity index is 0.00000200. The summed E-state index contributed by atoms with van der Waals surface area (Å²) in [6, 6.07) is 3.61. The van der Waals surface area contributed by atoms with Crippen LogP contribution >= 0.6 is 24.8 Å². The molecule has 1 aliphatic heterocycles. The van der Waals surface area contributed by atoms with Gasteiger partial charge in [0.2, 0.25) is 5.91 Å². The highest BCUT2D eigenvalue weighted by Crippen LogP contribution is 2.17. The van der Waals surface area contributed by atoms with E-state index >= 15 is 0 Å². The maximum Gasteiger partial charge on any atom is 0.237 e. The molecule has 1 amide bonds. The monoisotopic (exact) mass is 334 g/mol. The number of aromatic nitrogens is 1. The zero-order chi connectivity index (χ0) is 13.7. The van der Waals surface area contributed by atoms with Gasteiger partial charge in [0.15, 0.2) is 0 Å². The molecule has 0 spiro atoms. The van der Waals surface area contributed by atoms with E-state index in [1.165, 1.54) is 12.8 Å². The minimum absolute atomic E-state index is 0. The summed E-state index contributed by atoms with van der Waals surface area (Å²) < 4.78 is 0. The summed E-state index contributed by atoms with van der Waals surface area (Å²) in [6.07, 6.45) is 4.96. The van der Waals surface area contributed by atoms with Crippen molar-refractivity contribution in [3.63, 3.8) is 0 Å². The first-order valence-electron chi connectivity index (χ1n) is 6.94. The highest BCUT2D eigenvalue weighted by molar-refractivity contribution is 5.85. The standard InChI is InChI=1S/C14H22N4O.2ClH/c1-2-12(15)14(19)17-10-11-5-6-13(16-9-11)18-7-3-4-8-18;;/h5-6,9,12H,2-4,7-8,10,15H2,1H3,(H,17,19);2*1H/t12-;;/m0../s1.